The normalized spacial score (nSPS) is 21.3. The van der Waals surface area contributed by atoms with Crippen LogP contribution < -0.4 is 0 Å². The first-order valence-electron chi connectivity index (χ1n) is 15.4. The van der Waals surface area contributed by atoms with E-state index in [-0.39, 0.29) is 29.3 Å². The van der Waals surface area contributed by atoms with Gasteiger partial charge in [-0.05, 0) is 55.5 Å². The fourth-order valence-corrected chi connectivity index (χ4v) is 6.33. The van der Waals surface area contributed by atoms with Crippen LogP contribution in [0.4, 0.5) is 0 Å². The number of hydrogen-bond donors (Lipinski definition) is 2. The Labute approximate surface area is 276 Å². The molecule has 6 rings (SSSR count). The van der Waals surface area contributed by atoms with Gasteiger partial charge in [-0.15, -0.1) is 6.58 Å². The Bertz CT molecular complexity index is 1610. The number of fused-ring (bicyclic) bond motifs is 2. The molecule has 2 heterocycles. The molecule has 3 aromatic carbocycles. The standard InChI is InChI=1S/C21H25NO.C16H14O3.H2O4S/c1-22-18-12-13-19(22)15-20(14-18)23-21(16-8-4-2-5-9-16)17-10-6-3-7-11-17;1-3-12(11-7-5-4-6-8-11)13-9-15(18)16(19-2)10-14(13)17;1-5(2,3)4/h2-11,18-21H,12-15H2,1H3;3-10,12H,1H2,2H3;(H2,1,2,3,4). The zero-order valence-corrected chi connectivity index (χ0v) is 27.3. The van der Waals surface area contributed by atoms with Crippen molar-refractivity contribution in [1.82, 2.24) is 4.90 Å². The lowest BCUT2D eigenvalue weighted by atomic mass is 9.85. The monoisotopic (exact) mass is 659 g/mol. The number of hydrogen-bond acceptors (Lipinski definition) is 7. The zero-order valence-electron chi connectivity index (χ0n) is 26.5. The summed E-state index contributed by atoms with van der Waals surface area (Å²) in [5.41, 5.74) is 3.86. The Kier molecular flexibility index (Phi) is 12.6. The molecule has 2 fully saturated rings. The van der Waals surface area contributed by atoms with Gasteiger partial charge in [0.05, 0.1) is 13.2 Å². The molecule has 248 valence electrons. The highest BCUT2D eigenvalue weighted by molar-refractivity contribution is 7.79. The van der Waals surface area contributed by atoms with Gasteiger partial charge in [-0.25, -0.2) is 0 Å². The molecule has 2 aliphatic heterocycles. The minimum absolute atomic E-state index is 0.0465. The molecule has 3 aromatic rings. The van der Waals surface area contributed by atoms with Crippen molar-refractivity contribution < 1.29 is 36.6 Å². The van der Waals surface area contributed by atoms with Crippen LogP contribution in [0.25, 0.3) is 0 Å². The van der Waals surface area contributed by atoms with E-state index < -0.39 is 10.4 Å². The molecule has 2 saturated heterocycles. The Balaban J connectivity index is 0.000000189. The van der Waals surface area contributed by atoms with Crippen molar-refractivity contribution in [2.75, 3.05) is 14.2 Å². The number of carbonyl (C=O) groups is 2. The third-order valence-electron chi connectivity index (χ3n) is 8.61. The maximum Gasteiger partial charge on any atom is 0.394 e. The second-order valence-corrected chi connectivity index (χ2v) is 12.5. The van der Waals surface area contributed by atoms with E-state index in [9.17, 15) is 9.59 Å². The summed E-state index contributed by atoms with van der Waals surface area (Å²) in [7, 11) is -1.01. The topological polar surface area (TPSA) is 130 Å². The number of carbonyl (C=O) groups excluding carboxylic acids is 2. The van der Waals surface area contributed by atoms with E-state index in [0.717, 1.165) is 5.56 Å². The van der Waals surface area contributed by atoms with Crippen LogP contribution in [0.5, 0.6) is 0 Å². The van der Waals surface area contributed by atoms with Gasteiger partial charge >= 0.3 is 10.4 Å². The Morgan fingerprint density at radius 2 is 1.23 bits per heavy atom. The Morgan fingerprint density at radius 1 is 0.787 bits per heavy atom. The Hall–Kier alpha value is -4.19. The first-order chi connectivity index (χ1) is 22.5. The highest BCUT2D eigenvalue weighted by Crippen LogP contribution is 2.38. The lowest BCUT2D eigenvalue weighted by molar-refractivity contribution is -0.117. The molecule has 3 atom stereocenters. The molecule has 0 amide bonds. The molecule has 3 aliphatic rings. The summed E-state index contributed by atoms with van der Waals surface area (Å²) < 4.78 is 43.1. The zero-order chi connectivity index (χ0) is 34.0. The molecule has 0 radical (unpaired) electrons. The van der Waals surface area contributed by atoms with Crippen LogP contribution in [0.15, 0.2) is 127 Å². The quantitative estimate of drug-likeness (QED) is 0.162. The molecule has 47 heavy (non-hydrogen) atoms. The van der Waals surface area contributed by atoms with Crippen LogP contribution in [0, 0.1) is 0 Å². The highest BCUT2D eigenvalue weighted by Gasteiger charge is 2.39. The molecule has 2 N–H and O–H groups in total. The van der Waals surface area contributed by atoms with E-state index >= 15 is 0 Å². The van der Waals surface area contributed by atoms with E-state index in [1.807, 2.05) is 30.3 Å². The van der Waals surface area contributed by atoms with Gasteiger partial charge in [-0.2, -0.15) is 8.42 Å². The van der Waals surface area contributed by atoms with Crippen LogP contribution in [-0.2, 0) is 29.5 Å². The van der Waals surface area contributed by atoms with Crippen molar-refractivity contribution in [1.29, 1.82) is 0 Å². The third kappa shape index (κ3) is 10.1. The fourth-order valence-electron chi connectivity index (χ4n) is 6.33. The van der Waals surface area contributed by atoms with Gasteiger partial charge in [0, 0.05) is 29.7 Å². The van der Waals surface area contributed by atoms with Gasteiger partial charge in [0.25, 0.3) is 0 Å². The number of ether oxygens (including phenoxy) is 2. The van der Waals surface area contributed by atoms with Gasteiger partial charge < -0.3 is 14.4 Å². The number of methoxy groups -OCH3 is 1. The summed E-state index contributed by atoms with van der Waals surface area (Å²) in [6.07, 6.45) is 9.66. The average molecular weight is 660 g/mol. The van der Waals surface area contributed by atoms with Crippen molar-refractivity contribution in [3.63, 3.8) is 0 Å². The van der Waals surface area contributed by atoms with Crippen LogP contribution in [0.3, 0.4) is 0 Å². The summed E-state index contributed by atoms with van der Waals surface area (Å²) in [5.74, 6) is -0.720. The maximum absolute atomic E-state index is 12.1. The van der Waals surface area contributed by atoms with E-state index in [1.165, 1.54) is 56.1 Å². The highest BCUT2D eigenvalue weighted by atomic mass is 32.3. The van der Waals surface area contributed by atoms with Crippen molar-refractivity contribution in [2.24, 2.45) is 0 Å². The number of benzene rings is 3. The Morgan fingerprint density at radius 3 is 1.66 bits per heavy atom. The van der Waals surface area contributed by atoms with Crippen LogP contribution in [0.2, 0.25) is 0 Å². The second kappa shape index (κ2) is 16.6. The minimum atomic E-state index is -4.67. The lowest BCUT2D eigenvalue weighted by Crippen LogP contribution is -2.43. The first-order valence-corrected chi connectivity index (χ1v) is 16.8. The van der Waals surface area contributed by atoms with Gasteiger partial charge in [0.2, 0.25) is 5.78 Å². The number of piperidine rings is 1. The number of allylic oxidation sites excluding steroid dienone is 4. The minimum Gasteiger partial charge on any atom is -0.493 e. The van der Waals surface area contributed by atoms with Gasteiger partial charge in [0.15, 0.2) is 11.5 Å². The summed E-state index contributed by atoms with van der Waals surface area (Å²) >= 11 is 0. The second-order valence-electron chi connectivity index (χ2n) is 11.6. The number of nitrogens with zero attached hydrogens (tertiary/aromatic N) is 1. The third-order valence-corrected chi connectivity index (χ3v) is 8.61. The molecule has 2 bridgehead atoms. The molecule has 0 aromatic heterocycles. The van der Waals surface area contributed by atoms with E-state index in [0.29, 0.717) is 23.8 Å². The van der Waals surface area contributed by atoms with Crippen molar-refractivity contribution in [2.45, 2.75) is 55.9 Å². The predicted molar refractivity (Wildman–Crippen MR) is 180 cm³/mol. The summed E-state index contributed by atoms with van der Waals surface area (Å²) in [6.45, 7) is 3.75. The first kappa shape index (κ1) is 35.7. The summed E-state index contributed by atoms with van der Waals surface area (Å²) in [4.78, 5) is 26.4. The smallest absolute Gasteiger partial charge is 0.394 e. The molecule has 0 saturated carbocycles. The number of rotatable bonds is 8. The van der Waals surface area contributed by atoms with Crippen molar-refractivity contribution >= 4 is 22.0 Å². The fraction of sp³-hybridized carbons (Fsp3) is 0.297. The van der Waals surface area contributed by atoms with E-state index in [1.54, 1.807) is 6.08 Å². The predicted octanol–water partition coefficient (Wildman–Crippen LogP) is 6.33. The van der Waals surface area contributed by atoms with Gasteiger partial charge in [-0.1, -0.05) is 97.1 Å². The average Bonchev–Trinajstić information content (AvgIpc) is 3.25. The van der Waals surface area contributed by atoms with E-state index in [4.69, 9.17) is 27.0 Å². The maximum atomic E-state index is 12.1. The van der Waals surface area contributed by atoms with E-state index in [2.05, 4.69) is 79.2 Å². The van der Waals surface area contributed by atoms with Crippen LogP contribution >= 0.6 is 0 Å². The van der Waals surface area contributed by atoms with Crippen LogP contribution in [-0.4, -0.2) is 66.3 Å². The summed E-state index contributed by atoms with van der Waals surface area (Å²) in [5, 5.41) is 0. The van der Waals surface area contributed by atoms with Gasteiger partial charge in [0.1, 0.15) is 6.10 Å². The van der Waals surface area contributed by atoms with Gasteiger partial charge in [-0.3, -0.25) is 18.7 Å². The molecular weight excluding hydrogens is 618 g/mol. The molecule has 10 heteroatoms. The van der Waals surface area contributed by atoms with Crippen molar-refractivity contribution in [3.8, 4) is 0 Å². The molecule has 3 unspecified atom stereocenters. The largest absolute Gasteiger partial charge is 0.493 e. The molecule has 0 spiro atoms. The number of ketones is 2. The van der Waals surface area contributed by atoms with Crippen molar-refractivity contribution in [3.05, 3.63) is 144 Å². The summed E-state index contributed by atoms with van der Waals surface area (Å²) in [6, 6.07) is 32.2. The molecule has 1 aliphatic carbocycles. The molecular formula is C37H41NO8S. The molecule has 9 nitrogen and oxygen atoms in total. The SMILES string of the molecule is C=CC(C1=CC(=O)C(OC)=CC1=O)c1ccccc1.CN1C2CCC1CC(OC(c1ccccc1)c1ccccc1)C2.O=S(=O)(O)O. The van der Waals surface area contributed by atoms with Crippen LogP contribution in [0.1, 0.15) is 54.4 Å². The lowest BCUT2D eigenvalue weighted by Gasteiger charge is -2.38.